The van der Waals surface area contributed by atoms with E-state index in [1.54, 1.807) is 6.33 Å². The summed E-state index contributed by atoms with van der Waals surface area (Å²) in [4.78, 5) is 15.4. The van der Waals surface area contributed by atoms with E-state index < -0.39 is 0 Å². The maximum Gasteiger partial charge on any atom is 0.181 e. The fourth-order valence-corrected chi connectivity index (χ4v) is 2.56. The smallest absolute Gasteiger partial charge is 0.181 e. The van der Waals surface area contributed by atoms with E-state index >= 15 is 0 Å². The predicted molar refractivity (Wildman–Crippen MR) is 69.4 cm³/mol. The third kappa shape index (κ3) is 2.80. The molecule has 96 valence electrons. The average molecular weight is 265 g/mol. The zero-order valence-electron chi connectivity index (χ0n) is 9.83. The summed E-state index contributed by atoms with van der Waals surface area (Å²) in [6.45, 7) is 0.648. The number of thioether (sulfide) groups is 1. The normalized spacial score (nSPS) is 17.2. The van der Waals surface area contributed by atoms with Crippen LogP contribution < -0.4 is 5.32 Å². The van der Waals surface area contributed by atoms with E-state index in [0.29, 0.717) is 24.0 Å². The van der Waals surface area contributed by atoms with E-state index in [1.807, 2.05) is 0 Å². The number of aromatic nitrogens is 4. The number of aromatic amines is 1. The van der Waals surface area contributed by atoms with Gasteiger partial charge in [0.05, 0.1) is 12.4 Å². The average Bonchev–Trinajstić information content (AvgIpc) is 3.09. The van der Waals surface area contributed by atoms with Gasteiger partial charge in [-0.05, 0) is 12.8 Å². The maximum absolute atomic E-state index is 9.86. The number of aliphatic hydroxyl groups excluding tert-OH is 1. The van der Waals surface area contributed by atoms with E-state index in [9.17, 15) is 5.11 Å². The van der Waals surface area contributed by atoms with Crippen molar-refractivity contribution in [2.75, 3.05) is 12.3 Å². The van der Waals surface area contributed by atoms with E-state index in [2.05, 4.69) is 25.3 Å². The Bertz CT molecular complexity index is 527. The molecule has 0 aromatic carbocycles. The first kappa shape index (κ1) is 11.9. The van der Waals surface area contributed by atoms with Crippen LogP contribution in [-0.2, 0) is 0 Å². The van der Waals surface area contributed by atoms with Crippen molar-refractivity contribution in [1.29, 1.82) is 0 Å². The summed E-state index contributed by atoms with van der Waals surface area (Å²) in [7, 11) is 0. The number of rotatable bonds is 6. The highest BCUT2D eigenvalue weighted by atomic mass is 32.2. The zero-order chi connectivity index (χ0) is 12.4. The number of hydrogen-bond acceptors (Lipinski definition) is 6. The van der Waals surface area contributed by atoms with Crippen LogP contribution in [0.15, 0.2) is 17.7 Å². The van der Waals surface area contributed by atoms with Crippen LogP contribution in [0.4, 0.5) is 0 Å². The third-order valence-electron chi connectivity index (χ3n) is 2.82. The summed E-state index contributed by atoms with van der Waals surface area (Å²) in [6, 6.07) is 0.628. The minimum absolute atomic E-state index is 0.358. The lowest BCUT2D eigenvalue weighted by Gasteiger charge is -2.10. The fourth-order valence-electron chi connectivity index (χ4n) is 1.68. The summed E-state index contributed by atoms with van der Waals surface area (Å²) in [6.07, 6.45) is 5.22. The van der Waals surface area contributed by atoms with Crippen LogP contribution in [0.25, 0.3) is 11.2 Å². The van der Waals surface area contributed by atoms with Crippen molar-refractivity contribution in [2.24, 2.45) is 0 Å². The number of imidazole rings is 1. The Morgan fingerprint density at radius 2 is 2.33 bits per heavy atom. The molecule has 0 spiro atoms. The van der Waals surface area contributed by atoms with Gasteiger partial charge in [0.15, 0.2) is 5.65 Å². The van der Waals surface area contributed by atoms with Crippen LogP contribution in [0.3, 0.4) is 0 Å². The van der Waals surface area contributed by atoms with Crippen molar-refractivity contribution < 1.29 is 5.11 Å². The highest BCUT2D eigenvalue weighted by Gasteiger charge is 2.21. The lowest BCUT2D eigenvalue weighted by molar-refractivity contribution is 0.195. The van der Waals surface area contributed by atoms with Gasteiger partial charge in [-0.25, -0.2) is 15.0 Å². The van der Waals surface area contributed by atoms with Gasteiger partial charge in [0.1, 0.15) is 16.9 Å². The lowest BCUT2D eigenvalue weighted by Crippen LogP contribution is -2.29. The quantitative estimate of drug-likeness (QED) is 0.522. The van der Waals surface area contributed by atoms with Gasteiger partial charge in [-0.2, -0.15) is 0 Å². The molecule has 2 heterocycles. The Labute approximate surface area is 109 Å². The van der Waals surface area contributed by atoms with Gasteiger partial charge in [-0.1, -0.05) is 0 Å². The SMILES string of the molecule is OC(CNC1CC1)CSc1ncnc2nc[nH]c12. The first-order chi connectivity index (χ1) is 8.83. The van der Waals surface area contributed by atoms with Crippen molar-refractivity contribution in [1.82, 2.24) is 25.3 Å². The molecule has 1 aliphatic carbocycles. The van der Waals surface area contributed by atoms with Crippen LogP contribution >= 0.6 is 11.8 Å². The molecule has 1 saturated carbocycles. The van der Waals surface area contributed by atoms with Crippen molar-refractivity contribution >= 4 is 22.9 Å². The number of nitrogens with one attached hydrogen (secondary N) is 2. The van der Waals surface area contributed by atoms with E-state index in [1.165, 1.54) is 30.9 Å². The van der Waals surface area contributed by atoms with Crippen molar-refractivity contribution in [3.63, 3.8) is 0 Å². The Hall–Kier alpha value is -1.18. The molecule has 3 N–H and O–H groups in total. The molecule has 0 radical (unpaired) electrons. The van der Waals surface area contributed by atoms with Gasteiger partial charge in [-0.15, -0.1) is 11.8 Å². The summed E-state index contributed by atoms with van der Waals surface area (Å²) < 4.78 is 0. The van der Waals surface area contributed by atoms with E-state index in [4.69, 9.17) is 0 Å². The topological polar surface area (TPSA) is 86.7 Å². The molecule has 0 aliphatic heterocycles. The van der Waals surface area contributed by atoms with Gasteiger partial charge in [0.2, 0.25) is 0 Å². The maximum atomic E-state index is 9.86. The van der Waals surface area contributed by atoms with E-state index in [-0.39, 0.29) is 6.10 Å². The highest BCUT2D eigenvalue weighted by Crippen LogP contribution is 2.23. The Morgan fingerprint density at radius 1 is 1.44 bits per heavy atom. The Morgan fingerprint density at radius 3 is 3.17 bits per heavy atom. The number of H-pyrrole nitrogens is 1. The zero-order valence-corrected chi connectivity index (χ0v) is 10.7. The summed E-state index contributed by atoms with van der Waals surface area (Å²) in [5.74, 6) is 0.616. The molecule has 7 heteroatoms. The molecular weight excluding hydrogens is 250 g/mol. The van der Waals surface area contributed by atoms with Gasteiger partial charge < -0.3 is 15.4 Å². The summed E-state index contributed by atoms with van der Waals surface area (Å²) >= 11 is 1.52. The van der Waals surface area contributed by atoms with Crippen LogP contribution in [-0.4, -0.2) is 49.5 Å². The van der Waals surface area contributed by atoms with Crippen LogP contribution in [0.2, 0.25) is 0 Å². The minimum atomic E-state index is -0.358. The molecule has 2 aromatic rings. The molecule has 1 aliphatic rings. The molecule has 2 aromatic heterocycles. The molecule has 3 rings (SSSR count). The second-order valence-corrected chi connectivity index (χ2v) is 5.44. The number of hydrogen-bond donors (Lipinski definition) is 3. The largest absolute Gasteiger partial charge is 0.391 e. The molecule has 1 fully saturated rings. The Kier molecular flexibility index (Phi) is 3.44. The van der Waals surface area contributed by atoms with Crippen LogP contribution in [0.5, 0.6) is 0 Å². The molecule has 1 unspecified atom stereocenters. The minimum Gasteiger partial charge on any atom is -0.391 e. The molecule has 1 atom stereocenters. The first-order valence-corrected chi connectivity index (χ1v) is 7.00. The molecule has 0 saturated heterocycles. The van der Waals surface area contributed by atoms with Gasteiger partial charge in [0.25, 0.3) is 0 Å². The van der Waals surface area contributed by atoms with Crippen molar-refractivity contribution in [3.8, 4) is 0 Å². The standard InChI is InChI=1S/C11H15N5OS/c17-8(3-12-7-1-2-7)4-18-11-9-10(14-5-13-9)15-6-16-11/h5-8,12,17H,1-4H2,(H,13,14,15,16). The monoisotopic (exact) mass is 265 g/mol. The van der Waals surface area contributed by atoms with Gasteiger partial charge in [-0.3, -0.25) is 0 Å². The van der Waals surface area contributed by atoms with Gasteiger partial charge >= 0.3 is 0 Å². The third-order valence-corrected chi connectivity index (χ3v) is 3.95. The Balaban J connectivity index is 1.56. The number of nitrogens with zero attached hydrogens (tertiary/aromatic N) is 3. The van der Waals surface area contributed by atoms with Crippen molar-refractivity contribution in [2.45, 2.75) is 30.0 Å². The molecule has 18 heavy (non-hydrogen) atoms. The summed E-state index contributed by atoms with van der Waals surface area (Å²) in [5, 5.41) is 14.0. The number of aliphatic hydroxyl groups is 1. The highest BCUT2D eigenvalue weighted by molar-refractivity contribution is 7.99. The predicted octanol–water partition coefficient (Wildman–Crippen LogP) is 0.558. The van der Waals surface area contributed by atoms with Gasteiger partial charge in [0, 0.05) is 18.3 Å². The fraction of sp³-hybridized carbons (Fsp3) is 0.545. The second-order valence-electron chi connectivity index (χ2n) is 4.43. The lowest BCUT2D eigenvalue weighted by atomic mass is 10.4. The number of fused-ring (bicyclic) bond motifs is 1. The first-order valence-electron chi connectivity index (χ1n) is 6.01. The van der Waals surface area contributed by atoms with Crippen molar-refractivity contribution in [3.05, 3.63) is 12.7 Å². The second kappa shape index (κ2) is 5.21. The van der Waals surface area contributed by atoms with Crippen LogP contribution in [0.1, 0.15) is 12.8 Å². The van der Waals surface area contributed by atoms with Crippen LogP contribution in [0, 0.1) is 0 Å². The summed E-state index contributed by atoms with van der Waals surface area (Å²) in [5.41, 5.74) is 1.50. The molecule has 0 amide bonds. The molecular formula is C11H15N5OS. The molecule has 0 bridgehead atoms. The molecule has 6 nitrogen and oxygen atoms in total. The van der Waals surface area contributed by atoms with E-state index in [0.717, 1.165) is 10.5 Å².